The first-order valence-corrected chi connectivity index (χ1v) is 8.57. The number of benzene rings is 1. The number of halogens is 2. The number of hydrogen-bond acceptors (Lipinski definition) is 4. The van der Waals surface area contributed by atoms with Crippen molar-refractivity contribution < 1.29 is 9.53 Å². The summed E-state index contributed by atoms with van der Waals surface area (Å²) in [6, 6.07) is 6.04. The van der Waals surface area contributed by atoms with Crippen molar-refractivity contribution in [3.63, 3.8) is 0 Å². The van der Waals surface area contributed by atoms with Crippen molar-refractivity contribution in [3.05, 3.63) is 29.1 Å². The topological polar surface area (TPSA) is 51.2 Å². The number of nitrogens with zero attached hydrogens (tertiary/aromatic N) is 1. The summed E-state index contributed by atoms with van der Waals surface area (Å²) >= 11 is 13.2. The van der Waals surface area contributed by atoms with Gasteiger partial charge >= 0.3 is 0 Å². The Balaban J connectivity index is 1.51. The van der Waals surface area contributed by atoms with Crippen molar-refractivity contribution in [1.29, 1.82) is 0 Å². The molecule has 4 rings (SSSR count). The number of nitrogens with one attached hydrogen (secondary N) is 1. The van der Waals surface area contributed by atoms with Crippen LogP contribution in [0.25, 0.3) is 11.3 Å². The van der Waals surface area contributed by atoms with Crippen molar-refractivity contribution in [2.24, 2.45) is 5.92 Å². The van der Waals surface area contributed by atoms with Crippen molar-refractivity contribution >= 4 is 45.6 Å². The molecule has 1 fully saturated rings. The van der Waals surface area contributed by atoms with Crippen LogP contribution in [0.2, 0.25) is 0 Å². The van der Waals surface area contributed by atoms with Gasteiger partial charge in [-0.05, 0) is 30.2 Å². The molecule has 114 valence electrons. The zero-order valence-corrected chi connectivity index (χ0v) is 13.8. The van der Waals surface area contributed by atoms with Crippen LogP contribution in [0.15, 0.2) is 23.6 Å². The van der Waals surface area contributed by atoms with Gasteiger partial charge in [0.1, 0.15) is 10.1 Å². The van der Waals surface area contributed by atoms with Crippen LogP contribution in [0.4, 0.5) is 5.13 Å². The summed E-state index contributed by atoms with van der Waals surface area (Å²) < 4.78 is 4.59. The lowest BCUT2D eigenvalue weighted by Crippen LogP contribution is -2.16. The van der Waals surface area contributed by atoms with Crippen LogP contribution < -0.4 is 10.1 Å². The van der Waals surface area contributed by atoms with Crippen molar-refractivity contribution in [2.75, 3.05) is 11.9 Å². The van der Waals surface area contributed by atoms with Crippen molar-refractivity contribution in [1.82, 2.24) is 4.98 Å². The van der Waals surface area contributed by atoms with Gasteiger partial charge in [-0.3, -0.25) is 4.79 Å². The second-order valence-electron chi connectivity index (χ2n) is 5.47. The summed E-state index contributed by atoms with van der Waals surface area (Å²) in [5.74, 6) is 0.426. The van der Waals surface area contributed by atoms with E-state index in [1.807, 2.05) is 17.5 Å². The summed E-state index contributed by atoms with van der Waals surface area (Å²) in [4.78, 5) is 16.4. The molecule has 1 amide bonds. The molecular weight excluding hydrogens is 343 g/mol. The maximum absolute atomic E-state index is 12.0. The Kier molecular flexibility index (Phi) is 3.33. The Labute approximate surface area is 141 Å². The van der Waals surface area contributed by atoms with Gasteiger partial charge in [0.25, 0.3) is 0 Å². The summed E-state index contributed by atoms with van der Waals surface area (Å²) in [5, 5.41) is 5.26. The summed E-state index contributed by atoms with van der Waals surface area (Å²) in [6.07, 6.45) is 1.41. The predicted molar refractivity (Wildman–Crippen MR) is 87.9 cm³/mol. The molecule has 0 saturated heterocycles. The first kappa shape index (κ1) is 14.3. The van der Waals surface area contributed by atoms with Crippen LogP contribution in [-0.2, 0) is 11.2 Å². The number of carbonyl (C=O) groups excluding carboxylic acids is 1. The van der Waals surface area contributed by atoms with Crippen LogP contribution in [-0.4, -0.2) is 21.8 Å². The highest BCUT2D eigenvalue weighted by molar-refractivity contribution is 7.14. The number of alkyl halides is 2. The Morgan fingerprint density at radius 3 is 3.05 bits per heavy atom. The van der Waals surface area contributed by atoms with E-state index in [1.165, 1.54) is 16.9 Å². The highest BCUT2D eigenvalue weighted by Crippen LogP contribution is 2.53. The molecule has 7 heteroatoms. The van der Waals surface area contributed by atoms with E-state index in [2.05, 4.69) is 16.4 Å². The highest BCUT2D eigenvalue weighted by atomic mass is 35.5. The number of fused-ring (bicyclic) bond motifs is 1. The fourth-order valence-electron chi connectivity index (χ4n) is 2.50. The minimum Gasteiger partial charge on any atom is -0.493 e. The van der Waals surface area contributed by atoms with Gasteiger partial charge in [0.15, 0.2) is 5.13 Å². The smallest absolute Gasteiger partial charge is 0.232 e. The van der Waals surface area contributed by atoms with Crippen LogP contribution >= 0.6 is 34.5 Å². The van der Waals surface area contributed by atoms with Gasteiger partial charge in [-0.2, -0.15) is 0 Å². The maximum atomic E-state index is 12.0. The third-order valence-corrected chi connectivity index (χ3v) is 5.46. The van der Waals surface area contributed by atoms with E-state index in [0.29, 0.717) is 11.6 Å². The molecule has 2 aliphatic rings. The van der Waals surface area contributed by atoms with E-state index in [-0.39, 0.29) is 11.8 Å². The molecule has 1 aromatic carbocycles. The molecule has 4 nitrogen and oxygen atoms in total. The number of ether oxygens (including phenoxy) is 1. The lowest BCUT2D eigenvalue weighted by atomic mass is 10.1. The molecular formula is C15H12Cl2N2O2S. The molecule has 0 spiro atoms. The Bertz CT molecular complexity index is 760. The average Bonchev–Trinajstić information content (AvgIpc) is 2.90. The van der Waals surface area contributed by atoms with E-state index < -0.39 is 4.33 Å². The number of aromatic nitrogens is 1. The highest BCUT2D eigenvalue weighted by Gasteiger charge is 2.56. The Morgan fingerprint density at radius 1 is 1.45 bits per heavy atom. The van der Waals surface area contributed by atoms with Crippen molar-refractivity contribution in [3.8, 4) is 17.0 Å². The molecule has 2 heterocycles. The number of thiazole rings is 1. The summed E-state index contributed by atoms with van der Waals surface area (Å²) in [5.41, 5.74) is 3.06. The van der Waals surface area contributed by atoms with E-state index in [0.717, 1.165) is 30.0 Å². The second-order valence-corrected chi connectivity index (χ2v) is 7.87. The predicted octanol–water partition coefficient (Wildman–Crippen LogP) is 3.88. The Morgan fingerprint density at radius 2 is 2.27 bits per heavy atom. The molecule has 1 saturated carbocycles. The monoisotopic (exact) mass is 354 g/mol. The summed E-state index contributed by atoms with van der Waals surface area (Å²) in [6.45, 7) is 0.733. The minimum atomic E-state index is -0.913. The fraction of sp³-hybridized carbons (Fsp3) is 0.333. The quantitative estimate of drug-likeness (QED) is 0.851. The van der Waals surface area contributed by atoms with Gasteiger partial charge in [0.2, 0.25) is 5.91 Å². The molecule has 1 unspecified atom stereocenters. The van der Waals surface area contributed by atoms with Gasteiger partial charge in [-0.1, -0.05) is 0 Å². The third-order valence-electron chi connectivity index (χ3n) is 3.86. The summed E-state index contributed by atoms with van der Waals surface area (Å²) in [7, 11) is 0. The molecule has 1 aliphatic heterocycles. The second kappa shape index (κ2) is 5.11. The average molecular weight is 355 g/mol. The first-order valence-electron chi connectivity index (χ1n) is 6.93. The van der Waals surface area contributed by atoms with E-state index in [9.17, 15) is 4.79 Å². The molecule has 1 N–H and O–H groups in total. The fourth-order valence-corrected chi connectivity index (χ4v) is 3.73. The zero-order chi connectivity index (χ0) is 15.3. The number of rotatable bonds is 3. The van der Waals surface area contributed by atoms with Gasteiger partial charge in [-0.15, -0.1) is 34.5 Å². The van der Waals surface area contributed by atoms with Crippen LogP contribution in [0.3, 0.4) is 0 Å². The van der Waals surface area contributed by atoms with Crippen LogP contribution in [0.1, 0.15) is 12.0 Å². The van der Waals surface area contributed by atoms with Gasteiger partial charge in [0.05, 0.1) is 18.2 Å². The largest absolute Gasteiger partial charge is 0.493 e. The van der Waals surface area contributed by atoms with E-state index in [1.54, 1.807) is 0 Å². The Hall–Kier alpha value is -1.30. The standard InChI is InChI=1S/C15H12Cl2N2O2S/c16-15(17)6-10(15)13(20)19-14-18-11(7-22-14)8-1-2-12-9(5-8)3-4-21-12/h1-2,5,7,10H,3-4,6H2,(H,18,19,20). The zero-order valence-electron chi connectivity index (χ0n) is 11.4. The molecule has 1 aliphatic carbocycles. The van der Waals surface area contributed by atoms with E-state index in [4.69, 9.17) is 27.9 Å². The minimum absolute atomic E-state index is 0.173. The van der Waals surface area contributed by atoms with E-state index >= 15 is 0 Å². The van der Waals surface area contributed by atoms with Crippen LogP contribution in [0.5, 0.6) is 5.75 Å². The normalized spacial score (nSPS) is 21.1. The van der Waals surface area contributed by atoms with Crippen molar-refractivity contribution in [2.45, 2.75) is 17.2 Å². The maximum Gasteiger partial charge on any atom is 0.232 e. The van der Waals surface area contributed by atoms with Gasteiger partial charge in [0, 0.05) is 17.4 Å². The van der Waals surface area contributed by atoms with Gasteiger partial charge < -0.3 is 10.1 Å². The number of anilines is 1. The number of amides is 1. The molecule has 0 radical (unpaired) electrons. The SMILES string of the molecule is O=C(Nc1nc(-c2ccc3c(c2)CCO3)cs1)C1CC1(Cl)Cl. The lowest BCUT2D eigenvalue weighted by Gasteiger charge is -2.02. The van der Waals surface area contributed by atoms with Crippen LogP contribution in [0, 0.1) is 5.92 Å². The molecule has 2 aromatic rings. The lowest BCUT2D eigenvalue weighted by molar-refractivity contribution is -0.117. The number of hydrogen-bond donors (Lipinski definition) is 1. The number of carbonyl (C=O) groups is 1. The first-order chi connectivity index (χ1) is 10.5. The van der Waals surface area contributed by atoms with Gasteiger partial charge in [-0.25, -0.2) is 4.98 Å². The molecule has 1 atom stereocenters. The molecule has 0 bridgehead atoms. The third kappa shape index (κ3) is 2.57. The molecule has 1 aromatic heterocycles. The molecule has 22 heavy (non-hydrogen) atoms.